The quantitative estimate of drug-likeness (QED) is 0.0261. The first-order valence-electron chi connectivity index (χ1n) is 37.9. The molecule has 1 aliphatic rings. The first-order valence-corrected chi connectivity index (χ1v) is 37.9. The highest BCUT2D eigenvalue weighted by Crippen LogP contribution is 2.24. The average Bonchev–Trinajstić information content (AvgIpc) is 2.36. The molecule has 9 heteroatoms. The van der Waals surface area contributed by atoms with Crippen molar-refractivity contribution in [3.05, 3.63) is 48.6 Å². The van der Waals surface area contributed by atoms with Crippen molar-refractivity contribution in [3.63, 3.8) is 0 Å². The van der Waals surface area contributed by atoms with Crippen LogP contribution in [0.25, 0.3) is 0 Å². The van der Waals surface area contributed by atoms with Crippen LogP contribution in [0.1, 0.15) is 380 Å². The summed E-state index contributed by atoms with van der Waals surface area (Å²) in [6.45, 7) is 3.80. The van der Waals surface area contributed by atoms with E-state index in [-0.39, 0.29) is 12.5 Å². The van der Waals surface area contributed by atoms with E-state index < -0.39 is 49.5 Å². The number of hydrogen-bond donors (Lipinski definition) is 6. The summed E-state index contributed by atoms with van der Waals surface area (Å²) >= 11 is 0. The summed E-state index contributed by atoms with van der Waals surface area (Å²) in [5.74, 6) is -0.179. The van der Waals surface area contributed by atoms with E-state index in [1.807, 2.05) is 6.08 Å². The number of carbonyl (C=O) groups excluding carboxylic acids is 1. The molecule has 1 amide bonds. The molecule has 9 nitrogen and oxygen atoms in total. The minimum Gasteiger partial charge on any atom is -0.394 e. The molecule has 7 atom stereocenters. The van der Waals surface area contributed by atoms with Gasteiger partial charge in [0.2, 0.25) is 5.91 Å². The fourth-order valence-electron chi connectivity index (χ4n) is 12.2. The zero-order valence-electron chi connectivity index (χ0n) is 56.8. The lowest BCUT2D eigenvalue weighted by molar-refractivity contribution is -0.302. The Morgan fingerprint density at radius 1 is 0.395 bits per heavy atom. The number of hydrogen-bond acceptors (Lipinski definition) is 8. The number of nitrogens with one attached hydrogen (secondary N) is 1. The van der Waals surface area contributed by atoms with Gasteiger partial charge in [-0.3, -0.25) is 4.79 Å². The molecule has 1 fully saturated rings. The zero-order valence-corrected chi connectivity index (χ0v) is 56.8. The Bertz CT molecular complexity index is 1500. The van der Waals surface area contributed by atoms with Crippen LogP contribution in [-0.2, 0) is 14.3 Å². The van der Waals surface area contributed by atoms with Crippen molar-refractivity contribution in [3.8, 4) is 0 Å². The van der Waals surface area contributed by atoms with Gasteiger partial charge in [-0.05, 0) is 64.2 Å². The molecule has 6 N–H and O–H groups in total. The van der Waals surface area contributed by atoms with E-state index in [0.717, 1.165) is 44.9 Å². The van der Waals surface area contributed by atoms with E-state index in [9.17, 15) is 30.3 Å². The predicted octanol–water partition coefficient (Wildman–Crippen LogP) is 21.1. The van der Waals surface area contributed by atoms with Crippen molar-refractivity contribution >= 4 is 5.91 Å². The Morgan fingerprint density at radius 3 is 1.05 bits per heavy atom. The molecular formula is C77H145NO8. The molecule has 0 aliphatic carbocycles. The number of ether oxygens (including phenoxy) is 2. The smallest absolute Gasteiger partial charge is 0.220 e. The maximum absolute atomic E-state index is 13.1. The van der Waals surface area contributed by atoms with Crippen LogP contribution in [0.5, 0.6) is 0 Å². The van der Waals surface area contributed by atoms with E-state index in [1.165, 1.54) is 315 Å². The summed E-state index contributed by atoms with van der Waals surface area (Å²) in [4.78, 5) is 13.1. The van der Waals surface area contributed by atoms with E-state index in [2.05, 4.69) is 55.6 Å². The molecule has 0 saturated carbocycles. The molecule has 506 valence electrons. The number of carbonyl (C=O) groups is 1. The fraction of sp³-hybridized carbons (Fsp3) is 0.883. The largest absolute Gasteiger partial charge is 0.394 e. The lowest BCUT2D eigenvalue weighted by Crippen LogP contribution is -2.60. The summed E-state index contributed by atoms with van der Waals surface area (Å²) in [5, 5.41) is 54.8. The maximum atomic E-state index is 13.1. The van der Waals surface area contributed by atoms with Crippen LogP contribution in [0.3, 0.4) is 0 Å². The molecule has 86 heavy (non-hydrogen) atoms. The van der Waals surface area contributed by atoms with Crippen molar-refractivity contribution in [2.45, 2.75) is 423 Å². The van der Waals surface area contributed by atoms with E-state index in [0.29, 0.717) is 6.42 Å². The molecule has 1 rings (SSSR count). The van der Waals surface area contributed by atoms with Gasteiger partial charge in [-0.2, -0.15) is 0 Å². The van der Waals surface area contributed by atoms with Crippen molar-refractivity contribution in [1.29, 1.82) is 0 Å². The van der Waals surface area contributed by atoms with Gasteiger partial charge in [-0.1, -0.05) is 358 Å². The summed E-state index contributed by atoms with van der Waals surface area (Å²) in [6, 6.07) is -0.822. The highest BCUT2D eigenvalue weighted by atomic mass is 16.7. The first-order chi connectivity index (χ1) is 42.3. The van der Waals surface area contributed by atoms with Gasteiger partial charge in [0.25, 0.3) is 0 Å². The molecule has 0 aromatic carbocycles. The van der Waals surface area contributed by atoms with Crippen LogP contribution in [0.15, 0.2) is 48.6 Å². The van der Waals surface area contributed by atoms with E-state index >= 15 is 0 Å². The standard InChI is InChI=1S/C77H145NO8/c1-3-5-7-9-11-13-15-17-19-21-23-25-27-28-29-30-31-32-33-34-35-36-37-38-39-40-41-42-43-44-45-47-49-51-53-55-57-59-61-63-65-67-73(81)78-70(69-85-77-76(84)75(83)74(82)72(68-79)86-77)71(80)66-64-62-60-58-56-54-52-50-48-46-26-24-22-20-18-16-14-12-10-8-6-4-2/h15,17,21,23,56,58,64,66,70-72,74-77,79-80,82-84H,3-14,16,18-20,22,24-55,57,59-63,65,67-69H2,1-2H3,(H,78,81)/b17-15-,23-21-,58-56+,66-64+. The number of amides is 1. The first kappa shape index (κ1) is 82.2. The SMILES string of the molecule is CCCCCCC/C=C\C/C=C\CCCCCCCCCCCCCCCCCCCCCCCCCCCCCCCC(=O)NC(COC1OC(CO)C(O)C(O)C1O)C(O)/C=C/CC/C=C/CCCCCCCCCCCCCCCCCC. The van der Waals surface area contributed by atoms with Crippen LogP contribution in [0.4, 0.5) is 0 Å². The Labute approximate surface area is 533 Å². The Balaban J connectivity index is 2.05. The highest BCUT2D eigenvalue weighted by molar-refractivity contribution is 5.76. The lowest BCUT2D eigenvalue weighted by atomic mass is 9.99. The molecule has 0 aromatic rings. The van der Waals surface area contributed by atoms with E-state index in [4.69, 9.17) is 9.47 Å². The van der Waals surface area contributed by atoms with Gasteiger partial charge in [0.1, 0.15) is 24.4 Å². The van der Waals surface area contributed by atoms with Crippen LogP contribution in [0, 0.1) is 0 Å². The fourth-order valence-corrected chi connectivity index (χ4v) is 12.2. The van der Waals surface area contributed by atoms with Gasteiger partial charge in [0, 0.05) is 6.42 Å². The Hall–Kier alpha value is -1.85. The maximum Gasteiger partial charge on any atom is 0.220 e. The second-order valence-electron chi connectivity index (χ2n) is 26.4. The van der Waals surface area contributed by atoms with Crippen molar-refractivity contribution in [2.75, 3.05) is 13.2 Å². The van der Waals surface area contributed by atoms with Crippen molar-refractivity contribution < 1.29 is 39.8 Å². The minimum atomic E-state index is -1.57. The van der Waals surface area contributed by atoms with Crippen molar-refractivity contribution in [2.24, 2.45) is 0 Å². The topological polar surface area (TPSA) is 149 Å². The predicted molar refractivity (Wildman–Crippen MR) is 369 cm³/mol. The normalized spacial score (nSPS) is 18.2. The third-order valence-electron chi connectivity index (χ3n) is 18.1. The Kier molecular flexibility index (Phi) is 63.1. The molecule has 0 bridgehead atoms. The van der Waals surface area contributed by atoms with Gasteiger partial charge in [0.05, 0.1) is 25.4 Å². The second kappa shape index (κ2) is 66.1. The molecule has 0 aromatic heterocycles. The number of aliphatic hydroxyl groups is 5. The van der Waals surface area contributed by atoms with E-state index in [1.54, 1.807) is 6.08 Å². The molecule has 1 heterocycles. The summed E-state index contributed by atoms with van der Waals surface area (Å²) in [6.07, 6.45) is 84.0. The van der Waals surface area contributed by atoms with Crippen LogP contribution in [0.2, 0.25) is 0 Å². The zero-order chi connectivity index (χ0) is 62.1. The average molecular weight is 1210 g/mol. The van der Waals surface area contributed by atoms with Crippen LogP contribution >= 0.6 is 0 Å². The molecule has 0 radical (unpaired) electrons. The van der Waals surface area contributed by atoms with Gasteiger partial charge in [-0.15, -0.1) is 0 Å². The molecule has 7 unspecified atom stereocenters. The third-order valence-corrected chi connectivity index (χ3v) is 18.1. The molecule has 1 aliphatic heterocycles. The van der Waals surface area contributed by atoms with Crippen molar-refractivity contribution in [1.82, 2.24) is 5.32 Å². The number of rotatable bonds is 67. The second-order valence-corrected chi connectivity index (χ2v) is 26.4. The molecule has 0 spiro atoms. The summed E-state index contributed by atoms with van der Waals surface area (Å²) in [5.41, 5.74) is 0. The number of allylic oxidation sites excluding steroid dienone is 7. The number of aliphatic hydroxyl groups excluding tert-OH is 5. The summed E-state index contributed by atoms with van der Waals surface area (Å²) < 4.78 is 11.3. The van der Waals surface area contributed by atoms with Crippen LogP contribution < -0.4 is 5.32 Å². The van der Waals surface area contributed by atoms with Gasteiger partial charge in [-0.25, -0.2) is 0 Å². The summed E-state index contributed by atoms with van der Waals surface area (Å²) in [7, 11) is 0. The number of unbranched alkanes of at least 4 members (excludes halogenated alkanes) is 51. The van der Waals surface area contributed by atoms with Gasteiger partial charge < -0.3 is 40.3 Å². The molecular weight excluding hydrogens is 1070 g/mol. The third kappa shape index (κ3) is 53.9. The Morgan fingerprint density at radius 2 is 0.698 bits per heavy atom. The highest BCUT2D eigenvalue weighted by Gasteiger charge is 2.44. The van der Waals surface area contributed by atoms with Gasteiger partial charge >= 0.3 is 0 Å². The lowest BCUT2D eigenvalue weighted by Gasteiger charge is -2.40. The molecule has 1 saturated heterocycles. The van der Waals surface area contributed by atoms with Gasteiger partial charge in [0.15, 0.2) is 6.29 Å². The minimum absolute atomic E-state index is 0.179. The monoisotopic (exact) mass is 1210 g/mol. The van der Waals surface area contributed by atoms with Crippen LogP contribution in [-0.4, -0.2) is 87.5 Å².